The van der Waals surface area contributed by atoms with Crippen LogP contribution in [0.4, 0.5) is 10.2 Å². The van der Waals surface area contributed by atoms with Crippen LogP contribution in [0.25, 0.3) is 22.5 Å². The second-order valence-electron chi connectivity index (χ2n) is 5.03. The number of nitrogens with zero attached hydrogens (tertiary/aromatic N) is 1. The summed E-state index contributed by atoms with van der Waals surface area (Å²) in [6.45, 7) is 4.06. The third-order valence-corrected chi connectivity index (χ3v) is 3.70. The number of nitrogen functional groups attached to an aromatic ring is 1. The molecule has 0 radical (unpaired) electrons. The quantitative estimate of drug-likeness (QED) is 0.760. The van der Waals surface area contributed by atoms with Crippen LogP contribution < -0.4 is 5.73 Å². The summed E-state index contributed by atoms with van der Waals surface area (Å²) in [6, 6.07) is 12.1. The number of nitrogens with two attached hydrogens (primary N) is 1. The molecule has 1 aromatic heterocycles. The average molecular weight is 282 g/mol. The zero-order valence-corrected chi connectivity index (χ0v) is 11.9. The first-order chi connectivity index (χ1) is 10.1. The van der Waals surface area contributed by atoms with Crippen LogP contribution in [-0.2, 0) is 0 Å². The van der Waals surface area contributed by atoms with Crippen molar-refractivity contribution in [1.29, 1.82) is 0 Å². The van der Waals surface area contributed by atoms with Crippen molar-refractivity contribution in [2.24, 2.45) is 0 Å². The molecule has 4 heteroatoms. The standard InChI is InChI=1S/C17H15FN2O/c1-10-4-3-5-14(11(10)2)16-15(17(19)20-21-16)12-6-8-13(18)9-7-12/h3-9H,1-2H3,(H2,19,20). The Labute approximate surface area is 122 Å². The van der Waals surface area contributed by atoms with E-state index in [9.17, 15) is 4.39 Å². The van der Waals surface area contributed by atoms with E-state index < -0.39 is 0 Å². The van der Waals surface area contributed by atoms with Crippen molar-refractivity contribution in [1.82, 2.24) is 5.16 Å². The maximum atomic E-state index is 13.1. The number of hydrogen-bond donors (Lipinski definition) is 1. The fraction of sp³-hybridized carbons (Fsp3) is 0.118. The zero-order valence-electron chi connectivity index (χ0n) is 11.9. The summed E-state index contributed by atoms with van der Waals surface area (Å²) in [5.74, 6) is 0.625. The number of halogens is 1. The topological polar surface area (TPSA) is 52.0 Å². The Morgan fingerprint density at radius 2 is 1.76 bits per heavy atom. The van der Waals surface area contributed by atoms with Crippen LogP contribution in [0.5, 0.6) is 0 Å². The van der Waals surface area contributed by atoms with Gasteiger partial charge in [0, 0.05) is 5.56 Å². The second-order valence-corrected chi connectivity index (χ2v) is 5.03. The maximum Gasteiger partial charge on any atom is 0.177 e. The van der Waals surface area contributed by atoms with Gasteiger partial charge in [0.05, 0.1) is 5.56 Å². The minimum absolute atomic E-state index is 0.290. The molecule has 21 heavy (non-hydrogen) atoms. The largest absolute Gasteiger partial charge is 0.380 e. The fourth-order valence-corrected chi connectivity index (χ4v) is 2.38. The molecule has 0 fully saturated rings. The highest BCUT2D eigenvalue weighted by atomic mass is 19.1. The van der Waals surface area contributed by atoms with Crippen molar-refractivity contribution >= 4 is 5.82 Å². The summed E-state index contributed by atoms with van der Waals surface area (Å²) in [4.78, 5) is 0. The van der Waals surface area contributed by atoms with Gasteiger partial charge in [0.1, 0.15) is 5.82 Å². The Morgan fingerprint density at radius 3 is 2.48 bits per heavy atom. The molecule has 2 N–H and O–H groups in total. The van der Waals surface area contributed by atoms with E-state index in [-0.39, 0.29) is 5.82 Å². The summed E-state index contributed by atoms with van der Waals surface area (Å²) in [6.07, 6.45) is 0. The van der Waals surface area contributed by atoms with Crippen LogP contribution >= 0.6 is 0 Å². The van der Waals surface area contributed by atoms with Crippen LogP contribution in [0.1, 0.15) is 11.1 Å². The lowest BCUT2D eigenvalue weighted by Crippen LogP contribution is -1.91. The van der Waals surface area contributed by atoms with E-state index in [1.807, 2.05) is 32.0 Å². The van der Waals surface area contributed by atoms with E-state index >= 15 is 0 Å². The molecular weight excluding hydrogens is 267 g/mol. The number of aromatic nitrogens is 1. The van der Waals surface area contributed by atoms with Gasteiger partial charge in [-0.1, -0.05) is 35.5 Å². The van der Waals surface area contributed by atoms with Gasteiger partial charge >= 0.3 is 0 Å². The molecular formula is C17H15FN2O. The molecule has 0 saturated heterocycles. The number of aryl methyl sites for hydroxylation is 1. The summed E-state index contributed by atoms with van der Waals surface area (Å²) in [5.41, 5.74) is 10.6. The van der Waals surface area contributed by atoms with Gasteiger partial charge in [-0.05, 0) is 42.7 Å². The molecule has 0 amide bonds. The molecule has 0 saturated carbocycles. The van der Waals surface area contributed by atoms with Crippen LogP contribution in [0, 0.1) is 19.7 Å². The lowest BCUT2D eigenvalue weighted by molar-refractivity contribution is 0.436. The Hall–Kier alpha value is -2.62. The van der Waals surface area contributed by atoms with E-state index in [2.05, 4.69) is 5.16 Å². The van der Waals surface area contributed by atoms with Crippen molar-refractivity contribution in [3.8, 4) is 22.5 Å². The summed E-state index contributed by atoms with van der Waals surface area (Å²) in [5, 5.41) is 3.87. The van der Waals surface area contributed by atoms with Gasteiger partial charge in [0.2, 0.25) is 0 Å². The normalized spacial score (nSPS) is 10.8. The van der Waals surface area contributed by atoms with Crippen LogP contribution in [0.15, 0.2) is 47.0 Å². The Bertz CT molecular complexity index is 791. The third-order valence-electron chi connectivity index (χ3n) is 3.70. The van der Waals surface area contributed by atoms with Crippen LogP contribution in [0.3, 0.4) is 0 Å². The molecule has 0 unspecified atom stereocenters. The van der Waals surface area contributed by atoms with Crippen molar-refractivity contribution in [3.63, 3.8) is 0 Å². The molecule has 0 atom stereocenters. The minimum atomic E-state index is -0.290. The second kappa shape index (κ2) is 5.05. The monoisotopic (exact) mass is 282 g/mol. The molecule has 3 aromatic rings. The van der Waals surface area contributed by atoms with Gasteiger partial charge in [-0.2, -0.15) is 0 Å². The minimum Gasteiger partial charge on any atom is -0.380 e. The highest BCUT2D eigenvalue weighted by Gasteiger charge is 2.19. The lowest BCUT2D eigenvalue weighted by atomic mass is 9.96. The number of anilines is 1. The zero-order chi connectivity index (χ0) is 15.0. The van der Waals surface area contributed by atoms with E-state index in [4.69, 9.17) is 10.3 Å². The fourth-order valence-electron chi connectivity index (χ4n) is 2.38. The molecule has 3 rings (SSSR count). The first kappa shape index (κ1) is 13.4. The number of rotatable bonds is 2. The van der Waals surface area contributed by atoms with E-state index in [0.29, 0.717) is 17.1 Å². The van der Waals surface area contributed by atoms with Gasteiger partial charge in [-0.15, -0.1) is 0 Å². The SMILES string of the molecule is Cc1cccc(-c2onc(N)c2-c2ccc(F)cc2)c1C. The van der Waals surface area contributed by atoms with E-state index in [1.54, 1.807) is 12.1 Å². The molecule has 0 aliphatic rings. The smallest absolute Gasteiger partial charge is 0.177 e. The van der Waals surface area contributed by atoms with Gasteiger partial charge in [0.25, 0.3) is 0 Å². The Balaban J connectivity index is 2.22. The van der Waals surface area contributed by atoms with Crippen molar-refractivity contribution in [2.45, 2.75) is 13.8 Å². The Kier molecular flexibility index (Phi) is 3.22. The molecule has 0 aliphatic heterocycles. The molecule has 106 valence electrons. The Morgan fingerprint density at radius 1 is 1.05 bits per heavy atom. The summed E-state index contributed by atoms with van der Waals surface area (Å²) >= 11 is 0. The van der Waals surface area contributed by atoms with Crippen LogP contribution in [0.2, 0.25) is 0 Å². The maximum absolute atomic E-state index is 13.1. The lowest BCUT2D eigenvalue weighted by Gasteiger charge is -2.08. The highest BCUT2D eigenvalue weighted by Crippen LogP contribution is 2.38. The third kappa shape index (κ3) is 2.29. The van der Waals surface area contributed by atoms with Gasteiger partial charge in [-0.25, -0.2) is 4.39 Å². The molecule has 0 spiro atoms. The molecule has 0 aliphatic carbocycles. The van der Waals surface area contributed by atoms with Gasteiger partial charge in [-0.3, -0.25) is 0 Å². The number of hydrogen-bond acceptors (Lipinski definition) is 3. The van der Waals surface area contributed by atoms with Crippen molar-refractivity contribution < 1.29 is 8.91 Å². The van der Waals surface area contributed by atoms with Gasteiger partial charge < -0.3 is 10.3 Å². The van der Waals surface area contributed by atoms with Gasteiger partial charge in [0.15, 0.2) is 11.6 Å². The highest BCUT2D eigenvalue weighted by molar-refractivity contribution is 5.87. The predicted molar refractivity (Wildman–Crippen MR) is 81.2 cm³/mol. The molecule has 2 aromatic carbocycles. The summed E-state index contributed by atoms with van der Waals surface area (Å²) < 4.78 is 18.5. The number of benzene rings is 2. The van der Waals surface area contributed by atoms with Crippen molar-refractivity contribution in [2.75, 3.05) is 5.73 Å². The van der Waals surface area contributed by atoms with Crippen LogP contribution in [-0.4, -0.2) is 5.16 Å². The van der Waals surface area contributed by atoms with Crippen molar-refractivity contribution in [3.05, 3.63) is 59.4 Å². The average Bonchev–Trinajstić information content (AvgIpc) is 2.85. The van der Waals surface area contributed by atoms with E-state index in [1.165, 1.54) is 12.1 Å². The molecule has 1 heterocycles. The predicted octanol–water partition coefficient (Wildman–Crippen LogP) is 4.35. The first-order valence-electron chi connectivity index (χ1n) is 6.65. The van der Waals surface area contributed by atoms with E-state index in [0.717, 1.165) is 22.3 Å². The molecule has 3 nitrogen and oxygen atoms in total. The first-order valence-corrected chi connectivity index (χ1v) is 6.65. The summed E-state index contributed by atoms with van der Waals surface area (Å²) in [7, 11) is 0. The molecule has 0 bridgehead atoms.